The first-order chi connectivity index (χ1) is 10.3. The topological polar surface area (TPSA) is 64.9 Å². The molecule has 3 rings (SSSR count). The summed E-state index contributed by atoms with van der Waals surface area (Å²) in [6.07, 6.45) is 2.62. The molecule has 2 N–H and O–H groups in total. The van der Waals surface area contributed by atoms with Crippen LogP contribution >= 0.6 is 0 Å². The lowest BCUT2D eigenvalue weighted by Crippen LogP contribution is -2.09. The van der Waals surface area contributed by atoms with Crippen LogP contribution in [0, 0.1) is 12.3 Å². The maximum atomic E-state index is 6.14. The summed E-state index contributed by atoms with van der Waals surface area (Å²) in [5.41, 5.74) is 11.2. The number of aryl methyl sites for hydroxylation is 1. The molecule has 4 heteroatoms. The van der Waals surface area contributed by atoms with E-state index in [9.17, 15) is 0 Å². The number of anilines is 1. The van der Waals surface area contributed by atoms with Gasteiger partial charge in [0, 0.05) is 16.5 Å². The van der Waals surface area contributed by atoms with Gasteiger partial charge in [-0.1, -0.05) is 38.1 Å². The van der Waals surface area contributed by atoms with Gasteiger partial charge in [-0.2, -0.15) is 0 Å². The van der Waals surface area contributed by atoms with E-state index < -0.39 is 0 Å². The summed E-state index contributed by atoms with van der Waals surface area (Å²) in [7, 11) is 0. The molecule has 2 heterocycles. The summed E-state index contributed by atoms with van der Waals surface area (Å²) in [6, 6.07) is 8.45. The molecule has 0 spiro atoms. The number of benzene rings is 1. The van der Waals surface area contributed by atoms with Gasteiger partial charge in [0.1, 0.15) is 12.1 Å². The van der Waals surface area contributed by atoms with Crippen LogP contribution < -0.4 is 5.73 Å². The lowest BCUT2D eigenvalue weighted by Gasteiger charge is -2.18. The van der Waals surface area contributed by atoms with E-state index in [0.29, 0.717) is 5.82 Å². The molecule has 2 aromatic heterocycles. The van der Waals surface area contributed by atoms with Crippen molar-refractivity contribution in [3.05, 3.63) is 41.8 Å². The molecule has 3 aromatic rings. The largest absolute Gasteiger partial charge is 0.383 e. The minimum absolute atomic E-state index is 0.249. The Morgan fingerprint density at radius 1 is 1.14 bits per heavy atom. The molecule has 0 aliphatic rings. The molecule has 22 heavy (non-hydrogen) atoms. The predicted octanol–water partition coefficient (Wildman–Crippen LogP) is 4.37. The molecular formula is C18H21N3O. The van der Waals surface area contributed by atoms with Crippen LogP contribution in [-0.4, -0.2) is 10.1 Å². The first-order valence-corrected chi connectivity index (χ1v) is 7.44. The monoisotopic (exact) mass is 295 g/mol. The van der Waals surface area contributed by atoms with E-state index in [1.807, 2.05) is 6.92 Å². The van der Waals surface area contributed by atoms with Crippen molar-refractivity contribution in [3.8, 4) is 11.1 Å². The van der Waals surface area contributed by atoms with Crippen molar-refractivity contribution < 1.29 is 4.52 Å². The lowest BCUT2D eigenvalue weighted by atomic mass is 9.88. The lowest BCUT2D eigenvalue weighted by molar-refractivity contribution is 0.411. The second kappa shape index (κ2) is 5.13. The van der Waals surface area contributed by atoms with Crippen LogP contribution in [0.1, 0.15) is 32.0 Å². The summed E-state index contributed by atoms with van der Waals surface area (Å²) in [5, 5.41) is 4.98. The third kappa shape index (κ3) is 2.82. The van der Waals surface area contributed by atoms with Gasteiger partial charge in [0.25, 0.3) is 0 Å². The zero-order chi connectivity index (χ0) is 15.9. The summed E-state index contributed by atoms with van der Waals surface area (Å²) in [4.78, 5) is 4.57. The van der Waals surface area contributed by atoms with E-state index in [2.05, 4.69) is 55.2 Å². The van der Waals surface area contributed by atoms with Gasteiger partial charge in [-0.15, -0.1) is 0 Å². The second-order valence-electron chi connectivity index (χ2n) is 7.00. The SMILES string of the molecule is Cc1nocc1-c1cc2ccc(CC(C)(C)C)cc2nc1N. The Morgan fingerprint density at radius 3 is 2.55 bits per heavy atom. The van der Waals surface area contributed by atoms with Gasteiger partial charge >= 0.3 is 0 Å². The summed E-state index contributed by atoms with van der Waals surface area (Å²) < 4.78 is 5.01. The average molecular weight is 295 g/mol. The highest BCUT2D eigenvalue weighted by Crippen LogP contribution is 2.31. The molecule has 0 aliphatic carbocycles. The van der Waals surface area contributed by atoms with Crippen molar-refractivity contribution in [2.45, 2.75) is 34.1 Å². The van der Waals surface area contributed by atoms with Crippen molar-refractivity contribution in [1.29, 1.82) is 0 Å². The highest BCUT2D eigenvalue weighted by atomic mass is 16.5. The quantitative estimate of drug-likeness (QED) is 0.762. The molecule has 0 unspecified atom stereocenters. The number of fused-ring (bicyclic) bond motifs is 1. The molecule has 0 aliphatic heterocycles. The van der Waals surface area contributed by atoms with Crippen LogP contribution in [0.4, 0.5) is 5.82 Å². The van der Waals surface area contributed by atoms with Crippen molar-refractivity contribution in [2.24, 2.45) is 5.41 Å². The molecule has 0 fully saturated rings. The van der Waals surface area contributed by atoms with Crippen LogP contribution in [0.5, 0.6) is 0 Å². The third-order valence-electron chi connectivity index (χ3n) is 3.69. The van der Waals surface area contributed by atoms with E-state index in [4.69, 9.17) is 10.3 Å². The number of nitrogens with zero attached hydrogens (tertiary/aromatic N) is 2. The van der Waals surface area contributed by atoms with Gasteiger partial charge in [0.15, 0.2) is 0 Å². The van der Waals surface area contributed by atoms with E-state index in [1.165, 1.54) is 5.56 Å². The maximum Gasteiger partial charge on any atom is 0.132 e. The fourth-order valence-corrected chi connectivity index (χ4v) is 2.72. The van der Waals surface area contributed by atoms with Gasteiger partial charge in [-0.3, -0.25) is 0 Å². The van der Waals surface area contributed by atoms with E-state index >= 15 is 0 Å². The predicted molar refractivity (Wildman–Crippen MR) is 89.5 cm³/mol. The van der Waals surface area contributed by atoms with Gasteiger partial charge in [-0.25, -0.2) is 4.98 Å². The molecule has 0 bridgehead atoms. The van der Waals surface area contributed by atoms with Crippen molar-refractivity contribution in [3.63, 3.8) is 0 Å². The number of nitrogen functional groups attached to an aromatic ring is 1. The molecule has 1 aromatic carbocycles. The van der Waals surface area contributed by atoms with E-state index in [1.54, 1.807) is 6.26 Å². The summed E-state index contributed by atoms with van der Waals surface area (Å²) in [5.74, 6) is 0.506. The molecule has 0 saturated carbocycles. The highest BCUT2D eigenvalue weighted by molar-refractivity contribution is 5.89. The van der Waals surface area contributed by atoms with Crippen molar-refractivity contribution in [1.82, 2.24) is 10.1 Å². The minimum Gasteiger partial charge on any atom is -0.383 e. The second-order valence-corrected chi connectivity index (χ2v) is 7.00. The first-order valence-electron chi connectivity index (χ1n) is 7.44. The fraction of sp³-hybridized carbons (Fsp3) is 0.333. The highest BCUT2D eigenvalue weighted by Gasteiger charge is 2.14. The van der Waals surface area contributed by atoms with Gasteiger partial charge in [0.2, 0.25) is 0 Å². The van der Waals surface area contributed by atoms with Crippen molar-refractivity contribution in [2.75, 3.05) is 5.73 Å². The third-order valence-corrected chi connectivity index (χ3v) is 3.69. The number of nitrogens with two attached hydrogens (primary N) is 1. The van der Waals surface area contributed by atoms with Gasteiger partial charge in [-0.05, 0) is 36.5 Å². The zero-order valence-electron chi connectivity index (χ0n) is 13.5. The molecule has 4 nitrogen and oxygen atoms in total. The van der Waals surface area contributed by atoms with Crippen LogP contribution in [0.3, 0.4) is 0 Å². The Labute approximate surface area is 130 Å². The number of rotatable bonds is 2. The van der Waals surface area contributed by atoms with Crippen molar-refractivity contribution >= 4 is 16.7 Å². The Morgan fingerprint density at radius 2 is 1.91 bits per heavy atom. The van der Waals surface area contributed by atoms with Crippen LogP contribution in [-0.2, 0) is 6.42 Å². The van der Waals surface area contributed by atoms with Crippen LogP contribution in [0.2, 0.25) is 0 Å². The fourth-order valence-electron chi connectivity index (χ4n) is 2.72. The van der Waals surface area contributed by atoms with Gasteiger partial charge < -0.3 is 10.3 Å². The van der Waals surface area contributed by atoms with E-state index in [0.717, 1.165) is 34.1 Å². The Hall–Kier alpha value is -2.36. The van der Waals surface area contributed by atoms with Gasteiger partial charge in [0.05, 0.1) is 11.2 Å². The standard InChI is InChI=1S/C18H21N3O/c1-11-15(10-22-21-11)14-8-13-6-5-12(9-18(2,3)4)7-16(13)20-17(14)19/h5-8,10H,9H2,1-4H3,(H2,19,20). The summed E-state index contributed by atoms with van der Waals surface area (Å²) >= 11 is 0. The molecule has 0 radical (unpaired) electrons. The van der Waals surface area contributed by atoms with Crippen LogP contribution in [0.25, 0.3) is 22.0 Å². The molecule has 114 valence electrons. The maximum absolute atomic E-state index is 6.14. The number of hydrogen-bond donors (Lipinski definition) is 1. The zero-order valence-corrected chi connectivity index (χ0v) is 13.5. The number of hydrogen-bond acceptors (Lipinski definition) is 4. The molecule has 0 saturated heterocycles. The molecular weight excluding hydrogens is 274 g/mol. The minimum atomic E-state index is 0.249. The summed E-state index contributed by atoms with van der Waals surface area (Å²) in [6.45, 7) is 8.60. The Kier molecular flexibility index (Phi) is 3.39. The van der Waals surface area contributed by atoms with E-state index in [-0.39, 0.29) is 5.41 Å². The average Bonchev–Trinajstić information content (AvgIpc) is 2.82. The Balaban J connectivity index is 2.08. The normalized spacial score (nSPS) is 12.0. The Bertz CT molecular complexity index is 828. The molecule has 0 atom stereocenters. The van der Waals surface area contributed by atoms with Crippen LogP contribution in [0.15, 0.2) is 35.1 Å². The first kappa shape index (κ1) is 14.6. The number of pyridine rings is 1. The molecule has 0 amide bonds. The smallest absolute Gasteiger partial charge is 0.132 e. The number of aromatic nitrogens is 2.